The molecule has 0 aromatic heterocycles. The molecule has 0 aliphatic carbocycles. The van der Waals surface area contributed by atoms with Crippen LogP contribution in [0, 0.1) is 10.1 Å². The second kappa shape index (κ2) is 4.53. The van der Waals surface area contributed by atoms with Gasteiger partial charge in [-0.2, -0.15) is 0 Å². The summed E-state index contributed by atoms with van der Waals surface area (Å²) in [5.41, 5.74) is 0.413. The van der Waals surface area contributed by atoms with Crippen molar-refractivity contribution < 1.29 is 14.5 Å². The van der Waals surface area contributed by atoms with Gasteiger partial charge >= 0.3 is 0 Å². The standard InChI is InChI=1S/C12H15NO4/c1-12(2,3)10-6-9(13(15)16)5-8(7-14)11(10)17-4/h5-7H,1-4H3. The van der Waals surface area contributed by atoms with Crippen molar-refractivity contribution in [2.24, 2.45) is 0 Å². The largest absolute Gasteiger partial charge is 0.496 e. The SMILES string of the molecule is COc1c(C=O)cc([N+](=O)[O-])cc1C(C)(C)C. The van der Waals surface area contributed by atoms with Gasteiger partial charge in [-0.25, -0.2) is 0 Å². The predicted molar refractivity (Wildman–Crippen MR) is 63.7 cm³/mol. The van der Waals surface area contributed by atoms with Crippen LogP contribution >= 0.6 is 0 Å². The fourth-order valence-corrected chi connectivity index (χ4v) is 1.61. The van der Waals surface area contributed by atoms with Crippen LogP contribution in [0.3, 0.4) is 0 Å². The molecule has 5 nitrogen and oxygen atoms in total. The van der Waals surface area contributed by atoms with Gasteiger partial charge in [-0.15, -0.1) is 0 Å². The lowest BCUT2D eigenvalue weighted by Crippen LogP contribution is -2.14. The van der Waals surface area contributed by atoms with Gasteiger partial charge in [-0.05, 0) is 5.41 Å². The summed E-state index contributed by atoms with van der Waals surface area (Å²) in [6.45, 7) is 5.72. The molecule has 0 atom stereocenters. The van der Waals surface area contributed by atoms with Crippen LogP contribution in [0.25, 0.3) is 0 Å². The van der Waals surface area contributed by atoms with Gasteiger partial charge < -0.3 is 4.74 Å². The average molecular weight is 237 g/mol. The Kier molecular flexibility index (Phi) is 3.50. The van der Waals surface area contributed by atoms with E-state index in [1.54, 1.807) is 0 Å². The molecule has 0 saturated heterocycles. The predicted octanol–water partition coefficient (Wildman–Crippen LogP) is 2.71. The Morgan fingerprint density at radius 1 is 1.35 bits per heavy atom. The number of hydrogen-bond acceptors (Lipinski definition) is 4. The van der Waals surface area contributed by atoms with E-state index in [0.717, 1.165) is 0 Å². The Hall–Kier alpha value is -1.91. The maximum Gasteiger partial charge on any atom is 0.270 e. The number of non-ortho nitro benzene ring substituents is 1. The van der Waals surface area contributed by atoms with E-state index < -0.39 is 4.92 Å². The molecule has 5 heteroatoms. The highest BCUT2D eigenvalue weighted by Crippen LogP contribution is 2.36. The monoisotopic (exact) mass is 237 g/mol. The van der Waals surface area contributed by atoms with Crippen molar-refractivity contribution in [1.82, 2.24) is 0 Å². The Labute approximate surface area is 99.5 Å². The summed E-state index contributed by atoms with van der Waals surface area (Å²) >= 11 is 0. The molecule has 0 bridgehead atoms. The molecule has 0 fully saturated rings. The lowest BCUT2D eigenvalue weighted by molar-refractivity contribution is -0.385. The number of carbonyl (C=O) groups is 1. The Morgan fingerprint density at radius 2 is 1.94 bits per heavy atom. The first-order chi connectivity index (χ1) is 7.81. The lowest BCUT2D eigenvalue weighted by Gasteiger charge is -2.22. The first-order valence-electron chi connectivity index (χ1n) is 5.13. The fraction of sp³-hybridized carbons (Fsp3) is 0.417. The highest BCUT2D eigenvalue weighted by molar-refractivity contribution is 5.82. The zero-order valence-electron chi connectivity index (χ0n) is 10.3. The molecule has 0 aliphatic heterocycles. The number of benzene rings is 1. The Morgan fingerprint density at radius 3 is 2.29 bits per heavy atom. The minimum absolute atomic E-state index is 0.0992. The third-order valence-corrected chi connectivity index (χ3v) is 2.45. The molecule has 0 aliphatic rings. The van der Waals surface area contributed by atoms with E-state index >= 15 is 0 Å². The van der Waals surface area contributed by atoms with Crippen molar-refractivity contribution >= 4 is 12.0 Å². The van der Waals surface area contributed by atoms with E-state index in [1.807, 2.05) is 20.8 Å². The van der Waals surface area contributed by atoms with E-state index in [1.165, 1.54) is 19.2 Å². The van der Waals surface area contributed by atoms with E-state index in [2.05, 4.69) is 0 Å². The maximum atomic E-state index is 10.9. The zero-order chi connectivity index (χ0) is 13.2. The molecule has 0 heterocycles. The molecule has 0 spiro atoms. The second-order valence-electron chi connectivity index (χ2n) is 4.74. The number of nitrogens with zero attached hydrogens (tertiary/aromatic N) is 1. The molecule has 0 saturated carbocycles. The van der Waals surface area contributed by atoms with Crippen LogP contribution in [0.15, 0.2) is 12.1 Å². The van der Waals surface area contributed by atoms with E-state index in [9.17, 15) is 14.9 Å². The number of aldehydes is 1. The molecular weight excluding hydrogens is 222 g/mol. The summed E-state index contributed by atoms with van der Waals surface area (Å²) in [6, 6.07) is 2.67. The van der Waals surface area contributed by atoms with E-state index in [4.69, 9.17) is 4.74 Å². The van der Waals surface area contributed by atoms with Crippen molar-refractivity contribution in [2.75, 3.05) is 7.11 Å². The van der Waals surface area contributed by atoms with Crippen LogP contribution < -0.4 is 4.74 Å². The van der Waals surface area contributed by atoms with Crippen molar-refractivity contribution in [3.63, 3.8) is 0 Å². The summed E-state index contributed by atoms with van der Waals surface area (Å²) in [5, 5.41) is 10.8. The van der Waals surface area contributed by atoms with Crippen LogP contribution in [0.1, 0.15) is 36.7 Å². The lowest BCUT2D eigenvalue weighted by atomic mass is 9.85. The van der Waals surface area contributed by atoms with E-state index in [-0.39, 0.29) is 16.7 Å². The third-order valence-electron chi connectivity index (χ3n) is 2.45. The Balaban J connectivity index is 3.59. The number of nitro groups is 1. The molecule has 0 radical (unpaired) electrons. The first-order valence-corrected chi connectivity index (χ1v) is 5.13. The molecule has 0 amide bonds. The third kappa shape index (κ3) is 2.61. The van der Waals surface area contributed by atoms with Gasteiger partial charge in [0.15, 0.2) is 6.29 Å². The minimum Gasteiger partial charge on any atom is -0.496 e. The number of ether oxygens (including phenoxy) is 1. The molecule has 1 rings (SSSR count). The molecular formula is C12H15NO4. The number of nitro benzene ring substituents is 1. The first kappa shape index (κ1) is 13.2. The highest BCUT2D eigenvalue weighted by Gasteiger charge is 2.25. The average Bonchev–Trinajstić information content (AvgIpc) is 2.25. The van der Waals surface area contributed by atoms with Gasteiger partial charge in [0.1, 0.15) is 5.75 Å². The quantitative estimate of drug-likeness (QED) is 0.460. The van der Waals surface area contributed by atoms with Crippen LogP contribution in [0.5, 0.6) is 5.75 Å². The number of methoxy groups -OCH3 is 1. The van der Waals surface area contributed by atoms with Gasteiger partial charge in [-0.3, -0.25) is 14.9 Å². The smallest absolute Gasteiger partial charge is 0.270 e. The number of carbonyl (C=O) groups excluding carboxylic acids is 1. The second-order valence-corrected chi connectivity index (χ2v) is 4.74. The fourth-order valence-electron chi connectivity index (χ4n) is 1.61. The van der Waals surface area contributed by atoms with Crippen LogP contribution in [0.4, 0.5) is 5.69 Å². The summed E-state index contributed by atoms with van der Waals surface area (Å²) in [6.07, 6.45) is 0.571. The molecule has 0 N–H and O–H groups in total. The highest BCUT2D eigenvalue weighted by atomic mass is 16.6. The van der Waals surface area contributed by atoms with Crippen LogP contribution in [-0.2, 0) is 5.41 Å². The minimum atomic E-state index is -0.512. The van der Waals surface area contributed by atoms with Gasteiger partial charge in [0.25, 0.3) is 5.69 Å². The topological polar surface area (TPSA) is 69.4 Å². The van der Waals surface area contributed by atoms with Crippen molar-refractivity contribution in [1.29, 1.82) is 0 Å². The van der Waals surface area contributed by atoms with Crippen molar-refractivity contribution in [3.05, 3.63) is 33.4 Å². The van der Waals surface area contributed by atoms with Gasteiger partial charge in [-0.1, -0.05) is 20.8 Å². The van der Waals surface area contributed by atoms with Gasteiger partial charge in [0, 0.05) is 17.7 Å². The maximum absolute atomic E-state index is 10.9. The molecule has 1 aromatic rings. The van der Waals surface area contributed by atoms with Crippen LogP contribution in [-0.4, -0.2) is 18.3 Å². The molecule has 1 aromatic carbocycles. The van der Waals surface area contributed by atoms with Crippen molar-refractivity contribution in [3.8, 4) is 5.75 Å². The zero-order valence-corrected chi connectivity index (χ0v) is 10.3. The number of hydrogen-bond donors (Lipinski definition) is 0. The van der Waals surface area contributed by atoms with Crippen LogP contribution in [0.2, 0.25) is 0 Å². The summed E-state index contributed by atoms with van der Waals surface area (Å²) in [7, 11) is 1.45. The summed E-state index contributed by atoms with van der Waals surface area (Å²) < 4.78 is 5.17. The number of rotatable bonds is 3. The van der Waals surface area contributed by atoms with Gasteiger partial charge in [0.05, 0.1) is 17.6 Å². The Bertz CT molecular complexity index is 460. The normalized spacial score (nSPS) is 11.1. The van der Waals surface area contributed by atoms with E-state index in [0.29, 0.717) is 17.6 Å². The van der Waals surface area contributed by atoms with Gasteiger partial charge in [0.2, 0.25) is 0 Å². The molecule has 0 unspecified atom stereocenters. The van der Waals surface area contributed by atoms with Crippen molar-refractivity contribution in [2.45, 2.75) is 26.2 Å². The summed E-state index contributed by atoms with van der Waals surface area (Å²) in [4.78, 5) is 21.2. The molecule has 92 valence electrons. The summed E-state index contributed by atoms with van der Waals surface area (Å²) in [5.74, 6) is 0.401. The molecule has 17 heavy (non-hydrogen) atoms.